The molecule has 7 nitrogen and oxygen atoms in total. The lowest BCUT2D eigenvalue weighted by molar-refractivity contribution is -0.139. The Labute approximate surface area is 197 Å². The summed E-state index contributed by atoms with van der Waals surface area (Å²) in [6.45, 7) is 3.47. The van der Waals surface area contributed by atoms with Crippen LogP contribution in [0, 0.1) is 5.82 Å². The molecule has 3 aromatic rings. The van der Waals surface area contributed by atoms with Gasteiger partial charge in [-0.3, -0.25) is 9.59 Å². The van der Waals surface area contributed by atoms with E-state index >= 15 is 0 Å². The number of aromatic nitrogens is 2. The molecule has 0 unspecified atom stereocenters. The standard InChI is InChI=1S/C26H26FN3O4/c1-2-16-34-21-10-6-19(7-11-21)24(31)22-23(18-4-8-20(27)9-5-18)30(26(33)25(22)32)14-3-13-29-15-12-28-17-29/h4-12,15,17,23,31H,2-3,13-14,16H2,1H3/b24-22+/t23-/m0/s1. The number of carbonyl (C=O) groups excluding carboxylic acids is 2. The van der Waals surface area contributed by atoms with Crippen LogP contribution >= 0.6 is 0 Å². The van der Waals surface area contributed by atoms with Crippen LogP contribution in [0.3, 0.4) is 0 Å². The molecule has 2 heterocycles. The Balaban J connectivity index is 1.67. The predicted octanol–water partition coefficient (Wildman–Crippen LogP) is 4.32. The predicted molar refractivity (Wildman–Crippen MR) is 124 cm³/mol. The number of Topliss-reactive ketones (excluding diaryl/α,β-unsaturated/α-hetero) is 1. The van der Waals surface area contributed by atoms with Crippen molar-refractivity contribution < 1.29 is 23.8 Å². The largest absolute Gasteiger partial charge is 0.507 e. The van der Waals surface area contributed by atoms with Crippen molar-refractivity contribution in [2.45, 2.75) is 32.4 Å². The van der Waals surface area contributed by atoms with E-state index in [1.165, 1.54) is 29.2 Å². The molecule has 1 amide bonds. The lowest BCUT2D eigenvalue weighted by Gasteiger charge is -2.25. The molecule has 1 N–H and O–H groups in total. The number of nitrogens with zero attached hydrogens (tertiary/aromatic N) is 3. The van der Waals surface area contributed by atoms with Gasteiger partial charge in [0.05, 0.1) is 24.5 Å². The third-order valence-corrected chi connectivity index (χ3v) is 5.70. The number of benzene rings is 2. The second-order valence-corrected chi connectivity index (χ2v) is 8.07. The molecule has 34 heavy (non-hydrogen) atoms. The molecule has 4 rings (SSSR count). The van der Waals surface area contributed by atoms with Gasteiger partial charge >= 0.3 is 0 Å². The van der Waals surface area contributed by atoms with Gasteiger partial charge in [-0.2, -0.15) is 0 Å². The number of likely N-dealkylation sites (tertiary alicyclic amines) is 1. The van der Waals surface area contributed by atoms with Gasteiger partial charge in [-0.05, 0) is 54.8 Å². The molecule has 1 saturated heterocycles. The molecule has 0 spiro atoms. The minimum absolute atomic E-state index is 0.0125. The average molecular weight is 464 g/mol. The number of imidazole rings is 1. The molecule has 0 bridgehead atoms. The number of carbonyl (C=O) groups is 2. The van der Waals surface area contributed by atoms with Crippen molar-refractivity contribution in [3.05, 3.63) is 89.8 Å². The second kappa shape index (κ2) is 10.3. The molecule has 1 aliphatic rings. The molecule has 8 heteroatoms. The van der Waals surface area contributed by atoms with Crippen LogP contribution in [0.1, 0.15) is 36.9 Å². The number of rotatable bonds is 9. The summed E-state index contributed by atoms with van der Waals surface area (Å²) in [6.07, 6.45) is 6.61. The zero-order valence-corrected chi connectivity index (χ0v) is 18.9. The average Bonchev–Trinajstić information content (AvgIpc) is 3.45. The zero-order valence-electron chi connectivity index (χ0n) is 18.9. The highest BCUT2D eigenvalue weighted by molar-refractivity contribution is 6.46. The molecule has 1 fully saturated rings. The lowest BCUT2D eigenvalue weighted by Crippen LogP contribution is -2.31. The summed E-state index contributed by atoms with van der Waals surface area (Å²) in [7, 11) is 0. The first-order chi connectivity index (χ1) is 16.5. The Bertz CT molecular complexity index is 1170. The monoisotopic (exact) mass is 463 g/mol. The summed E-state index contributed by atoms with van der Waals surface area (Å²) < 4.78 is 21.1. The van der Waals surface area contributed by atoms with Crippen LogP contribution in [0.25, 0.3) is 5.76 Å². The van der Waals surface area contributed by atoms with Gasteiger partial charge in [0.25, 0.3) is 11.7 Å². The van der Waals surface area contributed by atoms with Gasteiger partial charge in [0, 0.05) is 31.0 Å². The number of hydrogen-bond acceptors (Lipinski definition) is 5. The first kappa shape index (κ1) is 23.2. The quantitative estimate of drug-likeness (QED) is 0.290. The highest BCUT2D eigenvalue weighted by atomic mass is 19.1. The summed E-state index contributed by atoms with van der Waals surface area (Å²) in [6, 6.07) is 11.5. The number of aliphatic hydroxyl groups is 1. The molecule has 176 valence electrons. The fourth-order valence-electron chi connectivity index (χ4n) is 4.03. The minimum Gasteiger partial charge on any atom is -0.507 e. The lowest BCUT2D eigenvalue weighted by atomic mass is 9.95. The van der Waals surface area contributed by atoms with Gasteiger partial charge in [0.15, 0.2) is 0 Å². The number of aryl methyl sites for hydroxylation is 1. The normalized spacial score (nSPS) is 17.4. The van der Waals surface area contributed by atoms with Crippen LogP contribution in [0.4, 0.5) is 4.39 Å². The van der Waals surface area contributed by atoms with Gasteiger partial charge in [0.2, 0.25) is 0 Å². The van der Waals surface area contributed by atoms with E-state index in [1.807, 2.05) is 17.7 Å². The van der Waals surface area contributed by atoms with Gasteiger partial charge in [-0.15, -0.1) is 0 Å². The van der Waals surface area contributed by atoms with Crippen molar-refractivity contribution in [2.75, 3.05) is 13.2 Å². The fourth-order valence-corrected chi connectivity index (χ4v) is 4.03. The molecule has 0 aliphatic carbocycles. The summed E-state index contributed by atoms with van der Waals surface area (Å²) in [5.74, 6) is -1.51. The van der Waals surface area contributed by atoms with Crippen molar-refractivity contribution in [2.24, 2.45) is 0 Å². The van der Waals surface area contributed by atoms with E-state index in [2.05, 4.69) is 4.98 Å². The Kier molecular flexibility index (Phi) is 7.06. The van der Waals surface area contributed by atoms with Crippen molar-refractivity contribution in [1.82, 2.24) is 14.5 Å². The van der Waals surface area contributed by atoms with Crippen molar-refractivity contribution >= 4 is 17.4 Å². The third kappa shape index (κ3) is 4.85. The Hall–Kier alpha value is -3.94. The fraction of sp³-hybridized carbons (Fsp3) is 0.269. The minimum atomic E-state index is -0.820. The van der Waals surface area contributed by atoms with Crippen molar-refractivity contribution in [1.29, 1.82) is 0 Å². The van der Waals surface area contributed by atoms with Crippen LogP contribution in [0.15, 0.2) is 72.8 Å². The van der Waals surface area contributed by atoms with Gasteiger partial charge in [-0.25, -0.2) is 9.37 Å². The third-order valence-electron chi connectivity index (χ3n) is 5.70. The summed E-state index contributed by atoms with van der Waals surface area (Å²) in [4.78, 5) is 31.5. The Morgan fingerprint density at radius 2 is 1.82 bits per heavy atom. The number of amides is 1. The number of ketones is 1. The van der Waals surface area contributed by atoms with Gasteiger partial charge in [0.1, 0.15) is 17.3 Å². The number of aliphatic hydroxyl groups excluding tert-OH is 1. The van der Waals surface area contributed by atoms with Gasteiger partial charge in [-0.1, -0.05) is 19.1 Å². The van der Waals surface area contributed by atoms with Crippen LogP contribution < -0.4 is 4.74 Å². The molecular formula is C26H26FN3O4. The Morgan fingerprint density at radius 3 is 2.47 bits per heavy atom. The smallest absolute Gasteiger partial charge is 0.295 e. The molecule has 1 aromatic heterocycles. The number of ether oxygens (including phenoxy) is 1. The van der Waals surface area contributed by atoms with E-state index in [0.717, 1.165) is 6.42 Å². The van der Waals surface area contributed by atoms with Crippen LogP contribution in [0.5, 0.6) is 5.75 Å². The molecule has 1 atom stereocenters. The number of halogens is 1. The van der Waals surface area contributed by atoms with E-state index in [9.17, 15) is 19.1 Å². The summed E-state index contributed by atoms with van der Waals surface area (Å²) in [5, 5.41) is 11.1. The van der Waals surface area contributed by atoms with Crippen LogP contribution in [-0.4, -0.2) is 44.4 Å². The maximum Gasteiger partial charge on any atom is 0.295 e. The molecule has 0 radical (unpaired) electrons. The summed E-state index contributed by atoms with van der Waals surface area (Å²) >= 11 is 0. The van der Waals surface area contributed by atoms with E-state index in [0.29, 0.717) is 36.4 Å². The van der Waals surface area contributed by atoms with Crippen LogP contribution in [0.2, 0.25) is 0 Å². The maximum absolute atomic E-state index is 13.6. The highest BCUT2D eigenvalue weighted by Crippen LogP contribution is 2.39. The topological polar surface area (TPSA) is 84.7 Å². The maximum atomic E-state index is 13.6. The Morgan fingerprint density at radius 1 is 1.09 bits per heavy atom. The van der Waals surface area contributed by atoms with Gasteiger partial charge < -0.3 is 19.3 Å². The van der Waals surface area contributed by atoms with Crippen LogP contribution in [-0.2, 0) is 16.1 Å². The van der Waals surface area contributed by atoms with Crippen molar-refractivity contribution in [3.8, 4) is 5.75 Å². The molecule has 2 aromatic carbocycles. The molecular weight excluding hydrogens is 437 g/mol. The first-order valence-corrected chi connectivity index (χ1v) is 11.2. The molecule has 1 aliphatic heterocycles. The second-order valence-electron chi connectivity index (χ2n) is 8.07. The van der Waals surface area contributed by atoms with Crippen molar-refractivity contribution in [3.63, 3.8) is 0 Å². The van der Waals surface area contributed by atoms with E-state index < -0.39 is 23.5 Å². The van der Waals surface area contributed by atoms with E-state index in [-0.39, 0.29) is 17.9 Å². The van der Waals surface area contributed by atoms with E-state index in [1.54, 1.807) is 36.8 Å². The number of hydrogen-bond donors (Lipinski definition) is 1. The van der Waals surface area contributed by atoms with E-state index in [4.69, 9.17) is 4.74 Å². The SMILES string of the molecule is CCCOc1ccc(/C(O)=C2\C(=O)C(=O)N(CCCn3ccnc3)[C@H]2c2ccc(F)cc2)cc1. The first-order valence-electron chi connectivity index (χ1n) is 11.2. The zero-order chi connectivity index (χ0) is 24.1. The molecule has 0 saturated carbocycles. The summed E-state index contributed by atoms with van der Waals surface area (Å²) in [5.41, 5.74) is 0.932. The highest BCUT2D eigenvalue weighted by Gasteiger charge is 2.45.